The Hall–Kier alpha value is 0.200. The number of hydrogen-bond acceptors (Lipinski definition) is 3. The first-order valence-electron chi connectivity index (χ1n) is 2.19. The van der Waals surface area contributed by atoms with Crippen LogP contribution in [-0.4, -0.2) is 15.5 Å². The molecule has 0 amide bonds. The van der Waals surface area contributed by atoms with Gasteiger partial charge in [-0.1, -0.05) is 11.8 Å². The zero-order valence-electron chi connectivity index (χ0n) is 4.46. The third kappa shape index (κ3) is 1.34. The number of rotatable bonds is 1. The molecule has 2 atom stereocenters. The first-order chi connectivity index (χ1) is 3.80. The lowest BCUT2D eigenvalue weighted by atomic mass is 11.0. The van der Waals surface area contributed by atoms with E-state index < -0.39 is 11.2 Å². The predicted molar refractivity (Wildman–Crippen MR) is 37.7 cm³/mol. The molecule has 1 aliphatic rings. The molecule has 0 aromatic rings. The Labute approximate surface area is 55.9 Å². The van der Waals surface area contributed by atoms with Crippen LogP contribution in [0.2, 0.25) is 0 Å². The Bertz CT molecular complexity index is 96.2. The van der Waals surface area contributed by atoms with Crippen LogP contribution in [0.4, 0.5) is 0 Å². The maximum Gasteiger partial charge on any atom is 0.236 e. The molecule has 0 radical (unpaired) electrons. The van der Waals surface area contributed by atoms with Crippen molar-refractivity contribution in [3.05, 3.63) is 11.6 Å². The number of thioether (sulfide) groups is 1. The van der Waals surface area contributed by atoms with Crippen LogP contribution in [-0.2, 0) is 11.2 Å². The van der Waals surface area contributed by atoms with Gasteiger partial charge in [-0.25, -0.2) is 0 Å². The molecule has 1 aliphatic heterocycles. The fraction of sp³-hybridized carbons (Fsp3) is 0.500. The summed E-state index contributed by atoms with van der Waals surface area (Å²) in [6.07, 6.45) is 3.51. The third-order valence-electron chi connectivity index (χ3n) is 0.804. The van der Waals surface area contributed by atoms with E-state index in [1.54, 1.807) is 18.0 Å². The Morgan fingerprint density at radius 3 is 2.88 bits per heavy atom. The van der Waals surface area contributed by atoms with Crippen molar-refractivity contribution in [3.63, 3.8) is 0 Å². The number of hydrogen-bond donors (Lipinski definition) is 1. The van der Waals surface area contributed by atoms with Crippen molar-refractivity contribution in [2.24, 2.45) is 0 Å². The van der Waals surface area contributed by atoms with E-state index in [4.69, 9.17) is 0 Å². The highest BCUT2D eigenvalue weighted by Crippen LogP contribution is 2.19. The van der Waals surface area contributed by atoms with Crippen molar-refractivity contribution in [2.45, 2.75) is 4.71 Å². The molecule has 8 heavy (non-hydrogen) atoms. The molecule has 2 unspecified atom stereocenters. The molecule has 4 heteroatoms. The largest absolute Gasteiger partial charge is 0.614 e. The first kappa shape index (κ1) is 6.32. The summed E-state index contributed by atoms with van der Waals surface area (Å²) >= 11 is 0.807. The highest BCUT2D eigenvalue weighted by atomic mass is 32.3. The third-order valence-corrected chi connectivity index (χ3v) is 3.37. The quantitative estimate of drug-likeness (QED) is 0.550. The van der Waals surface area contributed by atoms with Crippen molar-refractivity contribution in [1.29, 1.82) is 0 Å². The van der Waals surface area contributed by atoms with Crippen molar-refractivity contribution in [1.82, 2.24) is 5.32 Å². The van der Waals surface area contributed by atoms with E-state index in [1.165, 1.54) is 0 Å². The van der Waals surface area contributed by atoms with E-state index in [-0.39, 0.29) is 4.71 Å². The van der Waals surface area contributed by atoms with Gasteiger partial charge in [0.15, 0.2) is 0 Å². The first-order valence-corrected chi connectivity index (χ1v) is 4.76. The van der Waals surface area contributed by atoms with Gasteiger partial charge in [-0.05, 0) is 16.6 Å². The monoisotopic (exact) mass is 149 g/mol. The maximum absolute atomic E-state index is 10.6. The molecule has 0 saturated carbocycles. The standard InChI is InChI=1S/C4H7NOS2/c1-8(6)4-5-2-3-7-4/h2-5H,1H3. The summed E-state index contributed by atoms with van der Waals surface area (Å²) in [5, 5.41) is 4.85. The second-order valence-corrected chi connectivity index (χ2v) is 4.22. The van der Waals surface area contributed by atoms with Crippen LogP contribution >= 0.6 is 11.8 Å². The van der Waals surface area contributed by atoms with Crippen LogP contribution < -0.4 is 5.32 Å². The van der Waals surface area contributed by atoms with Gasteiger partial charge in [0.1, 0.15) is 0 Å². The minimum Gasteiger partial charge on any atom is -0.614 e. The fourth-order valence-electron chi connectivity index (χ4n) is 0.442. The van der Waals surface area contributed by atoms with Crippen molar-refractivity contribution in [2.75, 3.05) is 6.26 Å². The van der Waals surface area contributed by atoms with Gasteiger partial charge in [0, 0.05) is 6.20 Å². The Morgan fingerprint density at radius 1 is 1.88 bits per heavy atom. The Morgan fingerprint density at radius 2 is 2.62 bits per heavy atom. The summed E-state index contributed by atoms with van der Waals surface area (Å²) in [6.45, 7) is 0. The van der Waals surface area contributed by atoms with E-state index >= 15 is 0 Å². The second-order valence-electron chi connectivity index (χ2n) is 1.44. The van der Waals surface area contributed by atoms with Crippen molar-refractivity contribution < 1.29 is 4.55 Å². The zero-order valence-corrected chi connectivity index (χ0v) is 6.09. The lowest BCUT2D eigenvalue weighted by Gasteiger charge is -2.10. The molecule has 0 fully saturated rings. The van der Waals surface area contributed by atoms with Gasteiger partial charge < -0.3 is 9.87 Å². The Kier molecular flexibility index (Phi) is 2.10. The normalized spacial score (nSPS) is 30.0. The summed E-state index contributed by atoms with van der Waals surface area (Å²) in [5.41, 5.74) is 0. The summed E-state index contributed by atoms with van der Waals surface area (Å²) in [6, 6.07) is 0. The molecule has 46 valence electrons. The van der Waals surface area contributed by atoms with Crippen molar-refractivity contribution >= 4 is 22.9 Å². The van der Waals surface area contributed by atoms with Gasteiger partial charge in [0.05, 0.1) is 6.26 Å². The second kappa shape index (κ2) is 2.66. The molecule has 1 N–H and O–H groups in total. The fourth-order valence-corrected chi connectivity index (χ4v) is 1.99. The summed E-state index contributed by atoms with van der Waals surface area (Å²) < 4.78 is 10.7. The van der Waals surface area contributed by atoms with Gasteiger partial charge in [-0.15, -0.1) is 0 Å². The lowest BCUT2D eigenvalue weighted by Crippen LogP contribution is -2.25. The van der Waals surface area contributed by atoms with Crippen LogP contribution in [0, 0.1) is 0 Å². The van der Waals surface area contributed by atoms with Crippen molar-refractivity contribution in [3.8, 4) is 0 Å². The lowest BCUT2D eigenvalue weighted by molar-refractivity contribution is 0.595. The molecule has 1 heterocycles. The van der Waals surface area contributed by atoms with Crippen LogP contribution in [0.15, 0.2) is 11.6 Å². The molecule has 0 aromatic heterocycles. The molecule has 2 nitrogen and oxygen atoms in total. The summed E-state index contributed by atoms with van der Waals surface area (Å²) in [7, 11) is 0. The molecule has 0 aliphatic carbocycles. The Balaban J connectivity index is 2.29. The average molecular weight is 149 g/mol. The molecule has 0 spiro atoms. The summed E-state index contributed by atoms with van der Waals surface area (Å²) in [5.74, 6) is 0. The van der Waals surface area contributed by atoms with Gasteiger partial charge in [0.2, 0.25) is 4.71 Å². The smallest absolute Gasteiger partial charge is 0.236 e. The topological polar surface area (TPSA) is 35.1 Å². The van der Waals surface area contributed by atoms with E-state index in [0.29, 0.717) is 0 Å². The van der Waals surface area contributed by atoms with Crippen LogP contribution in [0.25, 0.3) is 0 Å². The SMILES string of the molecule is C[S+]([O-])C1NC=CS1. The molecular formula is C4H7NOS2. The van der Waals surface area contributed by atoms with E-state index in [0.717, 1.165) is 0 Å². The highest BCUT2D eigenvalue weighted by molar-refractivity contribution is 8.15. The van der Waals surface area contributed by atoms with Gasteiger partial charge in [0.25, 0.3) is 0 Å². The van der Waals surface area contributed by atoms with Crippen LogP contribution in [0.5, 0.6) is 0 Å². The highest BCUT2D eigenvalue weighted by Gasteiger charge is 2.17. The van der Waals surface area contributed by atoms with E-state index in [9.17, 15) is 4.55 Å². The van der Waals surface area contributed by atoms with Gasteiger partial charge >= 0.3 is 0 Å². The maximum atomic E-state index is 10.6. The predicted octanol–water partition coefficient (Wildman–Crippen LogP) is 0.456. The van der Waals surface area contributed by atoms with Crippen LogP contribution in [0.3, 0.4) is 0 Å². The summed E-state index contributed by atoms with van der Waals surface area (Å²) in [4.78, 5) is 0. The van der Waals surface area contributed by atoms with Gasteiger partial charge in [-0.3, -0.25) is 0 Å². The minimum atomic E-state index is -0.752. The van der Waals surface area contributed by atoms with E-state index in [2.05, 4.69) is 5.32 Å². The molecule has 1 rings (SSSR count). The van der Waals surface area contributed by atoms with Crippen LogP contribution in [0.1, 0.15) is 0 Å². The van der Waals surface area contributed by atoms with E-state index in [1.807, 2.05) is 11.6 Å². The average Bonchev–Trinajstić information content (AvgIpc) is 2.12. The molecule has 0 aromatic carbocycles. The zero-order chi connectivity index (χ0) is 5.98. The molecule has 0 bridgehead atoms. The van der Waals surface area contributed by atoms with Gasteiger partial charge in [-0.2, -0.15) is 0 Å². The minimum absolute atomic E-state index is 0.0926. The number of nitrogens with one attached hydrogen (secondary N) is 1. The molecule has 0 saturated heterocycles. The molecular weight excluding hydrogens is 142 g/mol.